The van der Waals surface area contributed by atoms with E-state index in [1.807, 2.05) is 4.90 Å². The highest BCUT2D eigenvalue weighted by molar-refractivity contribution is 5.81. The molecule has 1 heterocycles. The summed E-state index contributed by atoms with van der Waals surface area (Å²) in [6, 6.07) is 0. The molecule has 1 atom stereocenters. The van der Waals surface area contributed by atoms with E-state index in [0.717, 1.165) is 38.6 Å². The van der Waals surface area contributed by atoms with Crippen molar-refractivity contribution in [1.29, 1.82) is 0 Å². The summed E-state index contributed by atoms with van der Waals surface area (Å²) in [6.07, 6.45) is 9.87. The van der Waals surface area contributed by atoms with Crippen molar-refractivity contribution in [2.24, 2.45) is 11.7 Å². The predicted octanol–water partition coefficient (Wildman–Crippen LogP) is 0.494. The van der Waals surface area contributed by atoms with Crippen LogP contribution in [0, 0.1) is 18.3 Å². The predicted molar refractivity (Wildman–Crippen MR) is 78.7 cm³/mol. The van der Waals surface area contributed by atoms with Gasteiger partial charge in [-0.1, -0.05) is 0 Å². The lowest BCUT2D eigenvalue weighted by atomic mass is 9.96. The molecule has 1 saturated heterocycles. The molecule has 0 saturated carbocycles. The Balaban J connectivity index is 2.34. The molecule has 1 fully saturated rings. The third-order valence-corrected chi connectivity index (χ3v) is 3.55. The number of terminal acetylenes is 1. The summed E-state index contributed by atoms with van der Waals surface area (Å²) in [5.41, 5.74) is 5.37. The normalized spacial score (nSPS) is 18.4. The van der Waals surface area contributed by atoms with Gasteiger partial charge in [-0.15, -0.1) is 12.3 Å². The number of nitrogens with zero attached hydrogens (tertiary/aromatic N) is 1. The summed E-state index contributed by atoms with van der Waals surface area (Å²) in [4.78, 5) is 25.8. The van der Waals surface area contributed by atoms with E-state index in [-0.39, 0.29) is 17.7 Å². The van der Waals surface area contributed by atoms with E-state index < -0.39 is 0 Å². The number of carbonyl (C=O) groups is 2. The van der Waals surface area contributed by atoms with Gasteiger partial charge < -0.3 is 16.0 Å². The van der Waals surface area contributed by atoms with E-state index in [1.54, 1.807) is 0 Å². The smallest absolute Gasteiger partial charge is 0.224 e. The van der Waals surface area contributed by atoms with Crippen molar-refractivity contribution in [2.45, 2.75) is 38.5 Å². The van der Waals surface area contributed by atoms with Crippen LogP contribution in [0.2, 0.25) is 0 Å². The second-order valence-electron chi connectivity index (χ2n) is 5.17. The molecule has 5 heteroatoms. The van der Waals surface area contributed by atoms with E-state index >= 15 is 0 Å². The third kappa shape index (κ3) is 5.62. The molecule has 1 aliphatic heterocycles. The van der Waals surface area contributed by atoms with Crippen LogP contribution in [0.4, 0.5) is 0 Å². The minimum Gasteiger partial charge on any atom is -0.355 e. The molecule has 0 spiro atoms. The van der Waals surface area contributed by atoms with Crippen molar-refractivity contribution in [3.8, 4) is 12.3 Å². The second-order valence-corrected chi connectivity index (χ2v) is 5.17. The van der Waals surface area contributed by atoms with Gasteiger partial charge in [-0.2, -0.15) is 0 Å². The topological polar surface area (TPSA) is 75.4 Å². The fourth-order valence-electron chi connectivity index (χ4n) is 2.42. The molecule has 112 valence electrons. The summed E-state index contributed by atoms with van der Waals surface area (Å²) in [5, 5.41) is 2.80. The molecule has 0 aromatic carbocycles. The van der Waals surface area contributed by atoms with E-state index in [4.69, 9.17) is 12.2 Å². The minimum atomic E-state index is -0.0926. The molecule has 0 aromatic heterocycles. The van der Waals surface area contributed by atoms with Crippen molar-refractivity contribution < 1.29 is 9.59 Å². The van der Waals surface area contributed by atoms with Crippen molar-refractivity contribution >= 4 is 11.8 Å². The highest BCUT2D eigenvalue weighted by Crippen LogP contribution is 2.18. The Morgan fingerprint density at radius 2 is 2.20 bits per heavy atom. The number of likely N-dealkylation sites (tertiary alicyclic amines) is 1. The Hall–Kier alpha value is -1.54. The zero-order chi connectivity index (χ0) is 14.8. The van der Waals surface area contributed by atoms with Gasteiger partial charge >= 0.3 is 0 Å². The fourth-order valence-corrected chi connectivity index (χ4v) is 2.42. The quantitative estimate of drug-likeness (QED) is 0.526. The number of nitrogens with two attached hydrogens (primary N) is 1. The largest absolute Gasteiger partial charge is 0.355 e. The number of hydrogen-bond donors (Lipinski definition) is 2. The van der Waals surface area contributed by atoms with Gasteiger partial charge in [0.05, 0.1) is 5.92 Å². The Bertz CT molecular complexity index is 363. The van der Waals surface area contributed by atoms with Gasteiger partial charge in [0.1, 0.15) is 0 Å². The van der Waals surface area contributed by atoms with Crippen LogP contribution in [0.3, 0.4) is 0 Å². The van der Waals surface area contributed by atoms with Crippen LogP contribution in [0.25, 0.3) is 0 Å². The average Bonchev–Trinajstić information content (AvgIpc) is 2.49. The van der Waals surface area contributed by atoms with Gasteiger partial charge in [0, 0.05) is 39.0 Å². The first-order valence-electron chi connectivity index (χ1n) is 7.38. The summed E-state index contributed by atoms with van der Waals surface area (Å²) in [6.45, 7) is 2.23. The SMILES string of the molecule is C#CCCCCC(=O)N1CCCC(C(=O)NCCN)C1. The van der Waals surface area contributed by atoms with Crippen LogP contribution >= 0.6 is 0 Å². The monoisotopic (exact) mass is 279 g/mol. The van der Waals surface area contributed by atoms with Crippen LogP contribution < -0.4 is 11.1 Å². The molecule has 1 unspecified atom stereocenters. The second kappa shape index (κ2) is 9.38. The Morgan fingerprint density at radius 3 is 2.90 bits per heavy atom. The van der Waals surface area contributed by atoms with Gasteiger partial charge in [0.15, 0.2) is 0 Å². The van der Waals surface area contributed by atoms with Crippen LogP contribution in [0.5, 0.6) is 0 Å². The van der Waals surface area contributed by atoms with E-state index in [0.29, 0.717) is 26.1 Å². The summed E-state index contributed by atoms with van der Waals surface area (Å²) < 4.78 is 0. The van der Waals surface area contributed by atoms with Crippen molar-refractivity contribution in [2.75, 3.05) is 26.2 Å². The molecule has 3 N–H and O–H groups in total. The van der Waals surface area contributed by atoms with Gasteiger partial charge in [-0.05, 0) is 25.7 Å². The maximum atomic E-state index is 12.1. The molecule has 1 aliphatic rings. The first-order chi connectivity index (χ1) is 9.69. The average molecular weight is 279 g/mol. The first kappa shape index (κ1) is 16.5. The molecule has 1 rings (SSSR count). The van der Waals surface area contributed by atoms with Gasteiger partial charge in [-0.25, -0.2) is 0 Å². The van der Waals surface area contributed by atoms with Crippen LogP contribution in [0.15, 0.2) is 0 Å². The van der Waals surface area contributed by atoms with Crippen molar-refractivity contribution in [3.63, 3.8) is 0 Å². The number of carbonyl (C=O) groups excluding carboxylic acids is 2. The molecule has 0 radical (unpaired) electrons. The van der Waals surface area contributed by atoms with E-state index in [1.165, 1.54) is 0 Å². The Morgan fingerprint density at radius 1 is 1.40 bits per heavy atom. The molecule has 20 heavy (non-hydrogen) atoms. The van der Waals surface area contributed by atoms with E-state index in [2.05, 4.69) is 11.2 Å². The number of nitrogens with one attached hydrogen (secondary N) is 1. The Kier molecular flexibility index (Phi) is 7.74. The van der Waals surface area contributed by atoms with Crippen LogP contribution in [-0.2, 0) is 9.59 Å². The molecular formula is C15H25N3O2. The maximum absolute atomic E-state index is 12.1. The number of piperidine rings is 1. The molecule has 5 nitrogen and oxygen atoms in total. The number of amides is 2. The first-order valence-corrected chi connectivity index (χ1v) is 7.38. The molecule has 2 amide bonds. The fraction of sp³-hybridized carbons (Fsp3) is 0.733. The highest BCUT2D eigenvalue weighted by atomic mass is 16.2. The lowest BCUT2D eigenvalue weighted by Gasteiger charge is -2.32. The standard InChI is InChI=1S/C15H25N3O2/c1-2-3-4-5-8-14(19)18-11-6-7-13(12-18)15(20)17-10-9-16/h1,13H,3-12,16H2,(H,17,20). The Labute approximate surface area is 121 Å². The van der Waals surface area contributed by atoms with E-state index in [9.17, 15) is 9.59 Å². The molecular weight excluding hydrogens is 254 g/mol. The maximum Gasteiger partial charge on any atom is 0.224 e. The number of hydrogen-bond acceptors (Lipinski definition) is 3. The molecule has 0 aliphatic carbocycles. The molecule has 0 aromatic rings. The summed E-state index contributed by atoms with van der Waals surface area (Å²) in [5.74, 6) is 2.63. The van der Waals surface area contributed by atoms with Crippen LogP contribution in [-0.4, -0.2) is 42.9 Å². The van der Waals surface area contributed by atoms with Gasteiger partial charge in [-0.3, -0.25) is 9.59 Å². The zero-order valence-corrected chi connectivity index (χ0v) is 12.1. The zero-order valence-electron chi connectivity index (χ0n) is 12.1. The van der Waals surface area contributed by atoms with Gasteiger partial charge in [0.2, 0.25) is 11.8 Å². The van der Waals surface area contributed by atoms with Crippen molar-refractivity contribution in [1.82, 2.24) is 10.2 Å². The summed E-state index contributed by atoms with van der Waals surface area (Å²) in [7, 11) is 0. The third-order valence-electron chi connectivity index (χ3n) is 3.55. The number of rotatable bonds is 7. The lowest BCUT2D eigenvalue weighted by molar-refractivity contribution is -0.135. The van der Waals surface area contributed by atoms with Crippen LogP contribution in [0.1, 0.15) is 38.5 Å². The number of unbranched alkanes of at least 4 members (excludes halogenated alkanes) is 2. The minimum absolute atomic E-state index is 0.0141. The highest BCUT2D eigenvalue weighted by Gasteiger charge is 2.27. The van der Waals surface area contributed by atoms with Gasteiger partial charge in [0.25, 0.3) is 0 Å². The molecule has 0 bridgehead atoms. The lowest BCUT2D eigenvalue weighted by Crippen LogP contribution is -2.46. The van der Waals surface area contributed by atoms with Crippen molar-refractivity contribution in [3.05, 3.63) is 0 Å². The summed E-state index contributed by atoms with van der Waals surface area (Å²) >= 11 is 0.